The van der Waals surface area contributed by atoms with Crippen molar-refractivity contribution in [1.82, 2.24) is 9.97 Å². The first kappa shape index (κ1) is 8.95. The summed E-state index contributed by atoms with van der Waals surface area (Å²) < 4.78 is 0.591. The van der Waals surface area contributed by atoms with Crippen LogP contribution in [0.15, 0.2) is 12.9 Å². The molecule has 0 atom stereocenters. The summed E-state index contributed by atoms with van der Waals surface area (Å²) in [5, 5.41) is 0. The van der Waals surface area contributed by atoms with Gasteiger partial charge in [-0.15, -0.1) is 0 Å². The predicted molar refractivity (Wildman–Crippen MR) is 52.2 cm³/mol. The number of nitrogen functional groups attached to an aromatic ring is 2. The molecule has 0 aliphatic rings. The van der Waals surface area contributed by atoms with Crippen LogP contribution in [-0.4, -0.2) is 9.97 Å². The molecule has 1 heterocycles. The van der Waals surface area contributed by atoms with Crippen molar-refractivity contribution >= 4 is 32.0 Å². The number of hydrogen-bond donors (Lipinski definition) is 3. The van der Waals surface area contributed by atoms with E-state index in [1.165, 1.54) is 6.33 Å². The van der Waals surface area contributed by atoms with E-state index in [4.69, 9.17) is 11.6 Å². The Morgan fingerprint density at radius 3 is 2.67 bits per heavy atom. The number of nitrogens with zero attached hydrogens (tertiary/aromatic N) is 2. The molecule has 5 N–H and O–H groups in total. The van der Waals surface area contributed by atoms with Crippen LogP contribution < -0.4 is 17.0 Å². The van der Waals surface area contributed by atoms with Crippen molar-refractivity contribution < 1.29 is 0 Å². The van der Waals surface area contributed by atoms with Crippen molar-refractivity contribution in [2.75, 3.05) is 11.2 Å². The van der Waals surface area contributed by atoms with Crippen molar-refractivity contribution in [3.8, 4) is 0 Å². The van der Waals surface area contributed by atoms with Gasteiger partial charge in [-0.05, 0) is 0 Å². The Hall–Kier alpha value is -1.14. The van der Waals surface area contributed by atoms with E-state index in [0.717, 1.165) is 0 Å². The molecule has 0 saturated heterocycles. The van der Waals surface area contributed by atoms with E-state index in [9.17, 15) is 0 Å². The SMILES string of the molecule is C=C(Br)c1c(N)ncnc1NN. The Kier molecular flexibility index (Phi) is 2.61. The van der Waals surface area contributed by atoms with Crippen LogP contribution in [0, 0.1) is 0 Å². The molecule has 0 bridgehead atoms. The van der Waals surface area contributed by atoms with Crippen LogP contribution in [-0.2, 0) is 0 Å². The summed E-state index contributed by atoms with van der Waals surface area (Å²) in [5.41, 5.74) is 8.54. The lowest BCUT2D eigenvalue weighted by atomic mass is 10.3. The minimum Gasteiger partial charge on any atom is -0.383 e. The number of hydrazine groups is 1. The molecule has 0 amide bonds. The first-order valence-electron chi connectivity index (χ1n) is 3.08. The van der Waals surface area contributed by atoms with Gasteiger partial charge in [-0.25, -0.2) is 15.8 Å². The molecule has 0 spiro atoms. The van der Waals surface area contributed by atoms with Crippen LogP contribution in [0.4, 0.5) is 11.6 Å². The predicted octanol–water partition coefficient (Wildman–Crippen LogP) is 0.710. The maximum Gasteiger partial charge on any atom is 0.153 e. The summed E-state index contributed by atoms with van der Waals surface area (Å²) >= 11 is 3.17. The summed E-state index contributed by atoms with van der Waals surface area (Å²) in [7, 11) is 0. The van der Waals surface area contributed by atoms with Crippen molar-refractivity contribution in [2.24, 2.45) is 5.84 Å². The molecule has 0 fully saturated rings. The second-order valence-corrected chi connectivity index (χ2v) is 2.99. The zero-order chi connectivity index (χ0) is 9.14. The van der Waals surface area contributed by atoms with Crippen LogP contribution in [0.3, 0.4) is 0 Å². The van der Waals surface area contributed by atoms with Gasteiger partial charge in [0.15, 0.2) is 5.82 Å². The lowest BCUT2D eigenvalue weighted by Gasteiger charge is -2.07. The monoisotopic (exact) mass is 229 g/mol. The Labute approximate surface area is 78.0 Å². The van der Waals surface area contributed by atoms with Gasteiger partial charge in [-0.3, -0.25) is 0 Å². The molecular weight excluding hydrogens is 222 g/mol. The van der Waals surface area contributed by atoms with Crippen LogP contribution in [0.25, 0.3) is 4.48 Å². The molecule has 0 saturated carbocycles. The second-order valence-electron chi connectivity index (χ2n) is 2.03. The third-order valence-corrected chi connectivity index (χ3v) is 1.68. The molecule has 1 rings (SSSR count). The highest BCUT2D eigenvalue weighted by molar-refractivity contribution is 9.15. The molecule has 0 aromatic carbocycles. The summed E-state index contributed by atoms with van der Waals surface area (Å²) in [6, 6.07) is 0. The molecule has 0 aliphatic carbocycles. The van der Waals surface area contributed by atoms with Gasteiger partial charge in [0.25, 0.3) is 0 Å². The molecule has 5 nitrogen and oxygen atoms in total. The summed E-state index contributed by atoms with van der Waals surface area (Å²) in [4.78, 5) is 7.65. The Morgan fingerprint density at radius 2 is 2.25 bits per heavy atom. The highest BCUT2D eigenvalue weighted by Crippen LogP contribution is 2.28. The van der Waals surface area contributed by atoms with E-state index in [1.54, 1.807) is 0 Å². The lowest BCUT2D eigenvalue weighted by molar-refractivity contribution is 1.14. The fraction of sp³-hybridized carbons (Fsp3) is 0. The van der Waals surface area contributed by atoms with Gasteiger partial charge in [-0.1, -0.05) is 22.5 Å². The number of nitrogens with one attached hydrogen (secondary N) is 1. The van der Waals surface area contributed by atoms with Gasteiger partial charge >= 0.3 is 0 Å². The van der Waals surface area contributed by atoms with Gasteiger partial charge in [0.2, 0.25) is 0 Å². The quantitative estimate of drug-likeness (QED) is 0.514. The first-order valence-corrected chi connectivity index (χ1v) is 3.88. The molecule has 0 unspecified atom stereocenters. The van der Waals surface area contributed by atoms with E-state index in [-0.39, 0.29) is 0 Å². The Balaban J connectivity index is 3.29. The van der Waals surface area contributed by atoms with Crippen molar-refractivity contribution in [2.45, 2.75) is 0 Å². The van der Waals surface area contributed by atoms with E-state index < -0.39 is 0 Å². The minimum absolute atomic E-state index is 0.333. The maximum atomic E-state index is 5.56. The van der Waals surface area contributed by atoms with Crippen LogP contribution in [0.2, 0.25) is 0 Å². The van der Waals surface area contributed by atoms with Gasteiger partial charge in [0.05, 0.1) is 5.56 Å². The van der Waals surface area contributed by atoms with Crippen molar-refractivity contribution in [3.05, 3.63) is 18.5 Å². The number of halogens is 1. The number of hydrogen-bond acceptors (Lipinski definition) is 5. The molecule has 1 aromatic heterocycles. The lowest BCUT2D eigenvalue weighted by Crippen LogP contribution is -2.12. The topological polar surface area (TPSA) is 89.8 Å². The van der Waals surface area contributed by atoms with E-state index in [2.05, 4.69) is 37.9 Å². The number of aromatic nitrogens is 2. The fourth-order valence-electron chi connectivity index (χ4n) is 0.776. The largest absolute Gasteiger partial charge is 0.383 e. The number of rotatable bonds is 2. The molecule has 6 heteroatoms. The zero-order valence-electron chi connectivity index (χ0n) is 6.21. The molecule has 64 valence electrons. The highest BCUT2D eigenvalue weighted by atomic mass is 79.9. The normalized spacial score (nSPS) is 9.50. The molecular formula is C6H8BrN5. The average molecular weight is 230 g/mol. The van der Waals surface area contributed by atoms with Crippen LogP contribution in [0.5, 0.6) is 0 Å². The zero-order valence-corrected chi connectivity index (χ0v) is 7.80. The summed E-state index contributed by atoms with van der Waals surface area (Å²) in [5.74, 6) is 5.98. The average Bonchev–Trinajstić information content (AvgIpc) is 2.03. The van der Waals surface area contributed by atoms with Crippen LogP contribution >= 0.6 is 15.9 Å². The first-order chi connectivity index (χ1) is 5.66. The van der Waals surface area contributed by atoms with Crippen molar-refractivity contribution in [1.29, 1.82) is 0 Å². The number of anilines is 2. The summed E-state index contributed by atoms with van der Waals surface area (Å²) in [6.07, 6.45) is 1.32. The molecule has 0 aliphatic heterocycles. The van der Waals surface area contributed by atoms with E-state index in [0.29, 0.717) is 21.7 Å². The van der Waals surface area contributed by atoms with Gasteiger partial charge in [0, 0.05) is 4.48 Å². The van der Waals surface area contributed by atoms with Gasteiger partial charge in [-0.2, -0.15) is 0 Å². The standard InChI is InChI=1S/C6H8BrN5/c1-3(7)4-5(8)10-2-11-6(4)12-9/h2H,1,9H2,(H3,8,10,11,12). The Morgan fingerprint density at radius 1 is 1.58 bits per heavy atom. The molecule has 0 radical (unpaired) electrons. The smallest absolute Gasteiger partial charge is 0.153 e. The third-order valence-electron chi connectivity index (χ3n) is 1.28. The van der Waals surface area contributed by atoms with Gasteiger partial charge in [0.1, 0.15) is 12.1 Å². The maximum absolute atomic E-state index is 5.56. The summed E-state index contributed by atoms with van der Waals surface area (Å²) in [6.45, 7) is 3.66. The van der Waals surface area contributed by atoms with Gasteiger partial charge < -0.3 is 11.2 Å². The van der Waals surface area contributed by atoms with Crippen molar-refractivity contribution in [3.63, 3.8) is 0 Å². The minimum atomic E-state index is 0.333. The van der Waals surface area contributed by atoms with E-state index in [1.807, 2.05) is 0 Å². The fourth-order valence-corrected chi connectivity index (χ4v) is 1.17. The molecule has 12 heavy (non-hydrogen) atoms. The third kappa shape index (κ3) is 1.54. The Bertz CT molecular complexity index is 311. The van der Waals surface area contributed by atoms with E-state index >= 15 is 0 Å². The molecule has 1 aromatic rings. The van der Waals surface area contributed by atoms with Crippen LogP contribution in [0.1, 0.15) is 5.56 Å². The number of nitrogens with two attached hydrogens (primary N) is 2. The highest BCUT2D eigenvalue weighted by Gasteiger charge is 2.08. The second kappa shape index (κ2) is 3.51.